The zero-order valence-electron chi connectivity index (χ0n) is 13.5. The normalized spacial score (nSPS) is 12.2. The highest BCUT2D eigenvalue weighted by molar-refractivity contribution is 6.34. The van der Waals surface area contributed by atoms with Crippen molar-refractivity contribution in [1.82, 2.24) is 5.32 Å². The van der Waals surface area contributed by atoms with Crippen LogP contribution in [-0.4, -0.2) is 31.9 Å². The molecule has 0 spiro atoms. The summed E-state index contributed by atoms with van der Waals surface area (Å²) in [4.78, 5) is 16.4. The van der Waals surface area contributed by atoms with Gasteiger partial charge >= 0.3 is 12.1 Å². The summed E-state index contributed by atoms with van der Waals surface area (Å²) in [5.74, 6) is -0.769. The number of benzene rings is 1. The van der Waals surface area contributed by atoms with Crippen LogP contribution in [-0.2, 0) is 22.3 Å². The Balaban J connectivity index is 3.14. The first-order valence-corrected chi connectivity index (χ1v) is 7.43. The summed E-state index contributed by atoms with van der Waals surface area (Å²) in [5.41, 5.74) is -0.691. The molecule has 0 fully saturated rings. The average molecular weight is 367 g/mol. The van der Waals surface area contributed by atoms with Crippen LogP contribution >= 0.6 is 11.6 Å². The molecule has 0 amide bonds. The number of halogens is 4. The maximum atomic E-state index is 13.2. The monoisotopic (exact) mass is 366 g/mol. The summed E-state index contributed by atoms with van der Waals surface area (Å²) < 4.78 is 44.3. The summed E-state index contributed by atoms with van der Waals surface area (Å²) in [5, 5.41) is 6.15. The number of carbonyl (C=O) groups is 1. The predicted octanol–water partition coefficient (Wildman–Crippen LogP) is 3.65. The van der Waals surface area contributed by atoms with Gasteiger partial charge in [0.15, 0.2) is 0 Å². The maximum Gasteiger partial charge on any atom is 0.416 e. The van der Waals surface area contributed by atoms with Crippen LogP contribution in [0.1, 0.15) is 35.3 Å². The number of nitrogens with zero attached hydrogens (tertiary/aromatic N) is 1. The van der Waals surface area contributed by atoms with Crippen molar-refractivity contribution in [2.24, 2.45) is 5.16 Å². The van der Waals surface area contributed by atoms with Gasteiger partial charge in [-0.1, -0.05) is 16.8 Å². The lowest BCUT2D eigenvalue weighted by Gasteiger charge is -2.17. The minimum Gasteiger partial charge on any atom is -0.462 e. The van der Waals surface area contributed by atoms with Crippen molar-refractivity contribution in [3.05, 3.63) is 33.8 Å². The molecule has 5 nitrogen and oxygen atoms in total. The Kier molecular flexibility index (Phi) is 7.50. The van der Waals surface area contributed by atoms with Gasteiger partial charge in [0.05, 0.1) is 28.5 Å². The lowest BCUT2D eigenvalue weighted by Crippen LogP contribution is -2.24. The summed E-state index contributed by atoms with van der Waals surface area (Å²) in [6.07, 6.45) is -4.59. The van der Waals surface area contributed by atoms with E-state index in [0.717, 1.165) is 12.1 Å². The highest BCUT2D eigenvalue weighted by Crippen LogP contribution is 2.36. The van der Waals surface area contributed by atoms with Crippen LogP contribution in [0.5, 0.6) is 0 Å². The number of nitrogens with one attached hydrogen (secondary N) is 1. The summed E-state index contributed by atoms with van der Waals surface area (Å²) in [6, 6.07) is 1.84. The van der Waals surface area contributed by atoms with Gasteiger partial charge in [0.1, 0.15) is 7.11 Å². The van der Waals surface area contributed by atoms with Gasteiger partial charge < -0.3 is 14.9 Å². The Morgan fingerprint density at radius 3 is 2.58 bits per heavy atom. The van der Waals surface area contributed by atoms with Crippen molar-refractivity contribution in [3.8, 4) is 0 Å². The number of ether oxygens (including phenoxy) is 1. The van der Waals surface area contributed by atoms with Gasteiger partial charge in [-0.2, -0.15) is 13.2 Å². The molecule has 0 aromatic heterocycles. The topological polar surface area (TPSA) is 59.9 Å². The summed E-state index contributed by atoms with van der Waals surface area (Å²) in [7, 11) is 1.37. The van der Waals surface area contributed by atoms with Gasteiger partial charge in [0.2, 0.25) is 0 Å². The van der Waals surface area contributed by atoms with Crippen molar-refractivity contribution in [1.29, 1.82) is 0 Å². The lowest BCUT2D eigenvalue weighted by molar-refractivity contribution is -0.138. The molecule has 0 heterocycles. The van der Waals surface area contributed by atoms with Crippen molar-refractivity contribution >= 4 is 23.3 Å². The largest absolute Gasteiger partial charge is 0.462 e. The SMILES string of the molecule is CCOC(=O)c1ccc(C(F)(F)F)c(CNC/C(C)=N/OC)c1Cl. The van der Waals surface area contributed by atoms with Gasteiger partial charge in [-0.05, 0) is 31.5 Å². The second kappa shape index (κ2) is 8.89. The van der Waals surface area contributed by atoms with Crippen LogP contribution < -0.4 is 5.32 Å². The average Bonchev–Trinajstić information content (AvgIpc) is 2.48. The quantitative estimate of drug-likeness (QED) is 0.454. The Bertz CT molecular complexity index is 619. The van der Waals surface area contributed by atoms with Crippen LogP contribution in [0.15, 0.2) is 17.3 Å². The first kappa shape index (κ1) is 20.2. The highest BCUT2D eigenvalue weighted by atomic mass is 35.5. The van der Waals surface area contributed by atoms with Crippen molar-refractivity contribution in [2.45, 2.75) is 26.6 Å². The van der Waals surface area contributed by atoms with Crippen LogP contribution in [0, 0.1) is 0 Å². The molecule has 0 unspecified atom stereocenters. The third kappa shape index (κ3) is 5.38. The Hall–Kier alpha value is -1.80. The lowest BCUT2D eigenvalue weighted by atomic mass is 10.0. The minimum absolute atomic E-state index is 0.0937. The molecule has 134 valence electrons. The maximum absolute atomic E-state index is 13.2. The van der Waals surface area contributed by atoms with Gasteiger partial charge in [-0.25, -0.2) is 4.79 Å². The number of carbonyl (C=O) groups excluding carboxylic acids is 1. The molecular weight excluding hydrogens is 349 g/mol. The molecule has 0 saturated heterocycles. The molecule has 0 radical (unpaired) electrons. The zero-order valence-corrected chi connectivity index (χ0v) is 14.2. The van der Waals surface area contributed by atoms with E-state index in [1.165, 1.54) is 7.11 Å². The molecule has 0 saturated carbocycles. The van der Waals surface area contributed by atoms with E-state index in [0.29, 0.717) is 5.71 Å². The molecule has 0 atom stereocenters. The van der Waals surface area contributed by atoms with Crippen LogP contribution in [0.3, 0.4) is 0 Å². The molecule has 24 heavy (non-hydrogen) atoms. The van der Waals surface area contributed by atoms with Crippen LogP contribution in [0.2, 0.25) is 5.02 Å². The molecule has 9 heteroatoms. The van der Waals surface area contributed by atoms with Crippen LogP contribution in [0.25, 0.3) is 0 Å². The van der Waals surface area contributed by atoms with E-state index in [1.807, 2.05) is 0 Å². The third-order valence-electron chi connectivity index (χ3n) is 2.97. The second-order valence-corrected chi connectivity index (χ2v) is 5.16. The fraction of sp³-hybridized carbons (Fsp3) is 0.467. The summed E-state index contributed by atoms with van der Waals surface area (Å²) >= 11 is 6.03. The van der Waals surface area contributed by atoms with Crippen molar-refractivity contribution in [3.63, 3.8) is 0 Å². The number of hydrogen-bond donors (Lipinski definition) is 1. The first-order valence-electron chi connectivity index (χ1n) is 7.05. The predicted molar refractivity (Wildman–Crippen MR) is 84.2 cm³/mol. The van der Waals surface area contributed by atoms with E-state index in [4.69, 9.17) is 16.3 Å². The van der Waals surface area contributed by atoms with Gasteiger partial charge in [-0.3, -0.25) is 0 Å². The van der Waals surface area contributed by atoms with E-state index in [9.17, 15) is 18.0 Å². The molecule has 0 bridgehead atoms. The molecule has 1 rings (SSSR count). The molecule has 1 aromatic rings. The number of oxime groups is 1. The molecule has 0 aliphatic rings. The van der Waals surface area contributed by atoms with E-state index >= 15 is 0 Å². The van der Waals surface area contributed by atoms with E-state index < -0.39 is 17.7 Å². The highest BCUT2D eigenvalue weighted by Gasteiger charge is 2.35. The second-order valence-electron chi connectivity index (χ2n) is 4.78. The minimum atomic E-state index is -4.59. The van der Waals surface area contributed by atoms with Crippen LogP contribution in [0.4, 0.5) is 13.2 Å². The Morgan fingerprint density at radius 2 is 2.04 bits per heavy atom. The van der Waals surface area contributed by atoms with E-state index in [1.54, 1.807) is 13.8 Å². The standard InChI is InChI=1S/C15H18ClF3N2O3/c1-4-24-14(22)10-5-6-12(15(17,18)19)11(13(10)16)8-20-7-9(2)21-23-3/h5-6,20H,4,7-8H2,1-3H3/b21-9+. The number of hydrogen-bond acceptors (Lipinski definition) is 5. The molecule has 0 aliphatic heterocycles. The smallest absolute Gasteiger partial charge is 0.416 e. The molecule has 1 aromatic carbocycles. The molecular formula is C15H18ClF3N2O3. The number of esters is 1. The first-order chi connectivity index (χ1) is 11.2. The molecule has 0 aliphatic carbocycles. The number of rotatable bonds is 7. The van der Waals surface area contributed by atoms with Gasteiger partial charge in [0.25, 0.3) is 0 Å². The van der Waals surface area contributed by atoms with E-state index in [-0.39, 0.29) is 35.8 Å². The fourth-order valence-corrected chi connectivity index (χ4v) is 2.29. The van der Waals surface area contributed by atoms with Gasteiger partial charge in [-0.15, -0.1) is 0 Å². The van der Waals surface area contributed by atoms with Gasteiger partial charge in [0, 0.05) is 13.1 Å². The third-order valence-corrected chi connectivity index (χ3v) is 3.41. The summed E-state index contributed by atoms with van der Waals surface area (Å²) in [6.45, 7) is 3.34. The Morgan fingerprint density at radius 1 is 1.38 bits per heavy atom. The fourth-order valence-electron chi connectivity index (χ4n) is 1.98. The number of alkyl halides is 3. The van der Waals surface area contributed by atoms with Crippen molar-refractivity contribution < 1.29 is 27.5 Å². The van der Waals surface area contributed by atoms with E-state index in [2.05, 4.69) is 15.3 Å². The van der Waals surface area contributed by atoms with Crippen molar-refractivity contribution in [2.75, 3.05) is 20.3 Å². The molecule has 1 N–H and O–H groups in total. The Labute approximate surface area is 142 Å². The zero-order chi connectivity index (χ0) is 18.3.